The Morgan fingerprint density at radius 1 is 1.44 bits per heavy atom. The number of nitrogens with zero attached hydrogens (tertiary/aromatic N) is 3. The van der Waals surface area contributed by atoms with E-state index in [0.29, 0.717) is 0 Å². The van der Waals surface area contributed by atoms with Crippen LogP contribution in [-0.4, -0.2) is 41.4 Å². The summed E-state index contributed by atoms with van der Waals surface area (Å²) < 4.78 is 2.03. The largest absolute Gasteiger partial charge is 0.273 e. The quantitative estimate of drug-likeness (QED) is 0.423. The summed E-state index contributed by atoms with van der Waals surface area (Å²) in [7, 11) is 4.04. The molecule has 3 nitrogen and oxygen atoms in total. The molecular formula is C13H16N3+. The van der Waals surface area contributed by atoms with E-state index < -0.39 is 0 Å². The zero-order chi connectivity index (χ0) is 11.4. The minimum atomic E-state index is 0.902. The van der Waals surface area contributed by atoms with E-state index in [-0.39, 0.29) is 0 Å². The van der Waals surface area contributed by atoms with Gasteiger partial charge in [-0.15, -0.1) is 0 Å². The molecule has 1 aliphatic heterocycles. The summed E-state index contributed by atoms with van der Waals surface area (Å²) in [4.78, 5) is 6.26. The van der Waals surface area contributed by atoms with Gasteiger partial charge in [-0.1, -0.05) is 6.07 Å². The zero-order valence-corrected chi connectivity index (χ0v) is 9.67. The maximum Gasteiger partial charge on any atom is 0.238 e. The van der Waals surface area contributed by atoms with Crippen molar-refractivity contribution >= 4 is 11.9 Å². The monoisotopic (exact) mass is 214 g/mol. The van der Waals surface area contributed by atoms with Gasteiger partial charge >= 0.3 is 0 Å². The zero-order valence-electron chi connectivity index (χ0n) is 9.67. The van der Waals surface area contributed by atoms with E-state index in [2.05, 4.69) is 40.6 Å². The molecule has 3 heteroatoms. The molecule has 0 unspecified atom stereocenters. The van der Waals surface area contributed by atoms with Gasteiger partial charge in [-0.05, 0) is 29.4 Å². The van der Waals surface area contributed by atoms with Crippen molar-refractivity contribution < 1.29 is 4.58 Å². The molecule has 82 valence electrons. The molecule has 0 saturated heterocycles. The van der Waals surface area contributed by atoms with Crippen LogP contribution in [0.2, 0.25) is 0 Å². The van der Waals surface area contributed by atoms with Crippen LogP contribution in [0.25, 0.3) is 5.57 Å². The Morgan fingerprint density at radius 2 is 2.31 bits per heavy atom. The molecule has 1 aromatic rings. The highest BCUT2D eigenvalue weighted by Crippen LogP contribution is 2.17. The lowest BCUT2D eigenvalue weighted by Gasteiger charge is -2.12. The van der Waals surface area contributed by atoms with Crippen molar-refractivity contribution in [3.63, 3.8) is 0 Å². The van der Waals surface area contributed by atoms with Gasteiger partial charge < -0.3 is 0 Å². The lowest BCUT2D eigenvalue weighted by molar-refractivity contribution is -0.463. The van der Waals surface area contributed by atoms with Crippen LogP contribution in [0.4, 0.5) is 0 Å². The van der Waals surface area contributed by atoms with Gasteiger partial charge in [0.05, 0.1) is 20.3 Å². The Labute approximate surface area is 96.1 Å². The van der Waals surface area contributed by atoms with Gasteiger partial charge in [0.1, 0.15) is 6.54 Å². The third-order valence-electron chi connectivity index (χ3n) is 2.34. The number of pyridine rings is 1. The Kier molecular flexibility index (Phi) is 3.15. The second kappa shape index (κ2) is 4.75. The molecular weight excluding hydrogens is 198 g/mol. The molecule has 0 amide bonds. The highest BCUT2D eigenvalue weighted by molar-refractivity contribution is 5.75. The van der Waals surface area contributed by atoms with Crippen LogP contribution >= 0.6 is 0 Å². The first kappa shape index (κ1) is 10.6. The second-order valence-corrected chi connectivity index (χ2v) is 3.99. The molecule has 0 radical (unpaired) electrons. The number of hydrogen-bond donors (Lipinski definition) is 0. The fourth-order valence-corrected chi connectivity index (χ4v) is 1.64. The van der Waals surface area contributed by atoms with Crippen LogP contribution in [0, 0.1) is 0 Å². The van der Waals surface area contributed by atoms with Gasteiger partial charge in [-0.3, -0.25) is 9.56 Å². The summed E-state index contributed by atoms with van der Waals surface area (Å²) in [5, 5.41) is 0. The van der Waals surface area contributed by atoms with Crippen molar-refractivity contribution in [2.24, 2.45) is 0 Å². The van der Waals surface area contributed by atoms with E-state index in [4.69, 9.17) is 0 Å². The van der Waals surface area contributed by atoms with Crippen LogP contribution in [0.1, 0.15) is 5.56 Å². The van der Waals surface area contributed by atoms with E-state index in [1.54, 1.807) is 6.20 Å². The molecule has 0 N–H and O–H groups in total. The summed E-state index contributed by atoms with van der Waals surface area (Å²) in [5.74, 6) is 0. The molecule has 0 saturated carbocycles. The molecule has 2 rings (SSSR count). The Balaban J connectivity index is 2.11. The van der Waals surface area contributed by atoms with Gasteiger partial charge in [0, 0.05) is 12.4 Å². The van der Waals surface area contributed by atoms with Crippen molar-refractivity contribution in [1.82, 2.24) is 9.88 Å². The van der Waals surface area contributed by atoms with Crippen LogP contribution in [0.5, 0.6) is 0 Å². The Hall–Kier alpha value is -1.90. The van der Waals surface area contributed by atoms with Gasteiger partial charge in [-0.2, -0.15) is 0 Å². The summed E-state index contributed by atoms with van der Waals surface area (Å²) in [6.07, 6.45) is 12.1. The van der Waals surface area contributed by atoms with E-state index in [0.717, 1.165) is 6.54 Å². The molecule has 16 heavy (non-hydrogen) atoms. The van der Waals surface area contributed by atoms with E-state index >= 15 is 0 Å². The van der Waals surface area contributed by atoms with Crippen LogP contribution < -0.4 is 0 Å². The number of aromatic nitrogens is 1. The summed E-state index contributed by atoms with van der Waals surface area (Å²) in [5.41, 5.74) is 2.40. The molecule has 0 aromatic carbocycles. The molecule has 0 bridgehead atoms. The van der Waals surface area contributed by atoms with E-state index in [1.807, 2.05) is 30.9 Å². The highest BCUT2D eigenvalue weighted by Gasteiger charge is 2.08. The summed E-state index contributed by atoms with van der Waals surface area (Å²) in [6, 6.07) is 4.04. The molecule has 0 atom stereocenters. The van der Waals surface area contributed by atoms with E-state index in [1.165, 1.54) is 11.1 Å². The van der Waals surface area contributed by atoms with Gasteiger partial charge in [0.2, 0.25) is 6.34 Å². The standard InChI is InChI=1S/C13H16N3/c1-15(2)11-16-8-5-12(6-9-16)13-4-3-7-14-10-13/h3-8,10-11H,9H2,1-2H3/q+1. The Morgan fingerprint density at radius 3 is 2.88 bits per heavy atom. The first-order valence-corrected chi connectivity index (χ1v) is 5.31. The van der Waals surface area contributed by atoms with Crippen LogP contribution in [-0.2, 0) is 0 Å². The third kappa shape index (κ3) is 2.57. The molecule has 0 spiro atoms. The minimum Gasteiger partial charge on any atom is -0.273 e. The SMILES string of the molecule is C[N+](C)=CN1C=CC(c2cccnc2)=CC1. The molecule has 1 aromatic heterocycles. The van der Waals surface area contributed by atoms with Gasteiger partial charge in [-0.25, -0.2) is 4.90 Å². The number of rotatable bonds is 2. The average Bonchev–Trinajstić information content (AvgIpc) is 2.30. The van der Waals surface area contributed by atoms with Crippen molar-refractivity contribution in [2.75, 3.05) is 20.6 Å². The number of hydrogen-bond acceptors (Lipinski definition) is 1. The predicted octanol–water partition coefficient (Wildman–Crippen LogP) is 1.59. The maximum atomic E-state index is 4.12. The third-order valence-corrected chi connectivity index (χ3v) is 2.34. The van der Waals surface area contributed by atoms with Crippen LogP contribution in [0.15, 0.2) is 42.9 Å². The lowest BCUT2D eigenvalue weighted by atomic mass is 10.1. The number of allylic oxidation sites excluding steroid dienone is 2. The normalized spacial score (nSPS) is 14.6. The summed E-state index contributed by atoms with van der Waals surface area (Å²) >= 11 is 0. The summed E-state index contributed by atoms with van der Waals surface area (Å²) in [6.45, 7) is 0.902. The van der Waals surface area contributed by atoms with Crippen molar-refractivity contribution in [3.8, 4) is 0 Å². The fraction of sp³-hybridized carbons (Fsp3) is 0.231. The first-order valence-electron chi connectivity index (χ1n) is 5.31. The van der Waals surface area contributed by atoms with E-state index in [9.17, 15) is 0 Å². The minimum absolute atomic E-state index is 0.902. The van der Waals surface area contributed by atoms with Crippen molar-refractivity contribution in [2.45, 2.75) is 0 Å². The Bertz CT molecular complexity index is 440. The fourth-order valence-electron chi connectivity index (χ4n) is 1.64. The second-order valence-electron chi connectivity index (χ2n) is 3.99. The predicted molar refractivity (Wildman–Crippen MR) is 66.2 cm³/mol. The molecule has 0 aliphatic carbocycles. The smallest absolute Gasteiger partial charge is 0.238 e. The van der Waals surface area contributed by atoms with Gasteiger partial charge in [0.25, 0.3) is 0 Å². The topological polar surface area (TPSA) is 19.1 Å². The van der Waals surface area contributed by atoms with Crippen LogP contribution in [0.3, 0.4) is 0 Å². The molecule has 2 heterocycles. The molecule has 0 fully saturated rings. The molecule has 1 aliphatic rings. The van der Waals surface area contributed by atoms with Crippen molar-refractivity contribution in [3.05, 3.63) is 48.4 Å². The maximum absolute atomic E-state index is 4.12. The van der Waals surface area contributed by atoms with Gasteiger partial charge in [0.15, 0.2) is 0 Å². The lowest BCUT2D eigenvalue weighted by Crippen LogP contribution is -2.22. The average molecular weight is 214 g/mol. The van der Waals surface area contributed by atoms with Crippen molar-refractivity contribution in [1.29, 1.82) is 0 Å². The highest BCUT2D eigenvalue weighted by atomic mass is 15.2. The first-order chi connectivity index (χ1) is 7.75.